The highest BCUT2D eigenvalue weighted by atomic mass is 32.1. The van der Waals surface area contributed by atoms with Crippen molar-refractivity contribution in [1.29, 1.82) is 0 Å². The van der Waals surface area contributed by atoms with Gasteiger partial charge in [0.15, 0.2) is 0 Å². The number of morpholine rings is 1. The Kier molecular flexibility index (Phi) is 3.93. The Labute approximate surface area is 106 Å². The van der Waals surface area contributed by atoms with Crippen molar-refractivity contribution in [3.05, 3.63) is 29.8 Å². The van der Waals surface area contributed by atoms with E-state index in [4.69, 9.17) is 27.8 Å². The summed E-state index contributed by atoms with van der Waals surface area (Å²) in [6, 6.07) is 7.82. The molecule has 1 unspecified atom stereocenters. The van der Waals surface area contributed by atoms with Crippen LogP contribution in [0.15, 0.2) is 24.3 Å². The Morgan fingerprint density at radius 3 is 2.76 bits per heavy atom. The van der Waals surface area contributed by atoms with Crippen LogP contribution >= 0.6 is 12.2 Å². The van der Waals surface area contributed by atoms with Crippen LogP contribution in [0.2, 0.25) is 0 Å². The maximum Gasteiger partial charge on any atom is 0.103 e. The predicted octanol–water partition coefficient (Wildman–Crippen LogP) is 0.518. The Bertz CT molecular complexity index is 394. The second kappa shape index (κ2) is 5.44. The third-order valence-electron chi connectivity index (χ3n) is 2.86. The van der Waals surface area contributed by atoms with Gasteiger partial charge in [-0.1, -0.05) is 12.2 Å². The third-order valence-corrected chi connectivity index (χ3v) is 3.10. The van der Waals surface area contributed by atoms with Crippen LogP contribution in [0.3, 0.4) is 0 Å². The molecule has 0 aromatic heterocycles. The van der Waals surface area contributed by atoms with Gasteiger partial charge in [0.25, 0.3) is 0 Å². The van der Waals surface area contributed by atoms with Crippen molar-refractivity contribution in [2.24, 2.45) is 5.73 Å². The lowest BCUT2D eigenvalue weighted by Gasteiger charge is -2.33. The number of anilines is 1. The molecule has 0 bridgehead atoms. The monoisotopic (exact) mass is 252 g/mol. The summed E-state index contributed by atoms with van der Waals surface area (Å²) in [5.41, 5.74) is 7.53. The Hall–Kier alpha value is -1.17. The molecule has 3 N–H and O–H groups in total. The zero-order valence-electron chi connectivity index (χ0n) is 9.50. The first-order chi connectivity index (χ1) is 8.20. The van der Waals surface area contributed by atoms with E-state index in [0.717, 1.165) is 17.8 Å². The maximum absolute atomic E-state index is 9.09. The predicted molar refractivity (Wildman–Crippen MR) is 71.4 cm³/mol. The van der Waals surface area contributed by atoms with Gasteiger partial charge >= 0.3 is 0 Å². The molecule has 0 spiro atoms. The lowest BCUT2D eigenvalue weighted by molar-refractivity contribution is 0.00357. The van der Waals surface area contributed by atoms with Gasteiger partial charge in [-0.25, -0.2) is 0 Å². The molecule has 0 radical (unpaired) electrons. The summed E-state index contributed by atoms with van der Waals surface area (Å²) in [5.74, 6) is 0. The van der Waals surface area contributed by atoms with Crippen molar-refractivity contribution in [3.8, 4) is 0 Å². The number of nitrogens with zero attached hydrogens (tertiary/aromatic N) is 1. The third kappa shape index (κ3) is 2.94. The lowest BCUT2D eigenvalue weighted by Crippen LogP contribution is -2.44. The molecule has 0 amide bonds. The second-order valence-electron chi connectivity index (χ2n) is 4.03. The van der Waals surface area contributed by atoms with E-state index in [9.17, 15) is 0 Å². The maximum atomic E-state index is 9.09. The quantitative estimate of drug-likeness (QED) is 0.768. The smallest absolute Gasteiger partial charge is 0.103 e. The Morgan fingerprint density at radius 2 is 2.18 bits per heavy atom. The minimum absolute atomic E-state index is 0.0570. The van der Waals surface area contributed by atoms with Crippen molar-refractivity contribution in [2.75, 3.05) is 31.2 Å². The molecule has 2 rings (SSSR count). The van der Waals surface area contributed by atoms with Gasteiger partial charge in [-0.3, -0.25) is 0 Å². The van der Waals surface area contributed by atoms with Crippen molar-refractivity contribution in [3.63, 3.8) is 0 Å². The molecule has 1 aromatic rings. The van der Waals surface area contributed by atoms with E-state index in [1.165, 1.54) is 0 Å². The highest BCUT2D eigenvalue weighted by molar-refractivity contribution is 7.80. The minimum atomic E-state index is -0.0981. The van der Waals surface area contributed by atoms with Gasteiger partial charge in [-0.05, 0) is 24.3 Å². The molecule has 1 atom stereocenters. The van der Waals surface area contributed by atoms with E-state index in [2.05, 4.69) is 4.90 Å². The molecule has 92 valence electrons. The molecule has 1 aliphatic rings. The fraction of sp³-hybridized carbons (Fsp3) is 0.417. The second-order valence-corrected chi connectivity index (χ2v) is 4.47. The standard InChI is InChI=1S/C12H16N2O2S/c13-12(17)9-1-3-10(4-2-9)14-5-6-16-11(7-14)8-15/h1-4,11,15H,5-8H2,(H2,13,17). The highest BCUT2D eigenvalue weighted by Crippen LogP contribution is 2.18. The van der Waals surface area contributed by atoms with E-state index in [0.29, 0.717) is 18.1 Å². The zero-order valence-corrected chi connectivity index (χ0v) is 10.3. The number of rotatable bonds is 3. The fourth-order valence-electron chi connectivity index (χ4n) is 1.90. The first-order valence-electron chi connectivity index (χ1n) is 5.58. The van der Waals surface area contributed by atoms with Crippen LogP contribution in [0.4, 0.5) is 5.69 Å². The summed E-state index contributed by atoms with van der Waals surface area (Å²) in [5, 5.41) is 9.09. The zero-order chi connectivity index (χ0) is 12.3. The number of thiocarbonyl (C=S) groups is 1. The van der Waals surface area contributed by atoms with E-state index in [1.807, 2.05) is 24.3 Å². The van der Waals surface area contributed by atoms with E-state index >= 15 is 0 Å². The number of hydrogen-bond acceptors (Lipinski definition) is 4. The molecule has 1 aromatic carbocycles. The Balaban J connectivity index is 2.08. The van der Waals surface area contributed by atoms with Gasteiger partial charge in [-0.15, -0.1) is 0 Å². The topological polar surface area (TPSA) is 58.7 Å². The minimum Gasteiger partial charge on any atom is -0.394 e. The highest BCUT2D eigenvalue weighted by Gasteiger charge is 2.19. The SMILES string of the molecule is NC(=S)c1ccc(N2CCOC(CO)C2)cc1. The molecule has 1 saturated heterocycles. The first kappa shape index (κ1) is 12.3. The van der Waals surface area contributed by atoms with Crippen LogP contribution in [0.25, 0.3) is 0 Å². The van der Waals surface area contributed by atoms with Crippen LogP contribution in [0, 0.1) is 0 Å². The van der Waals surface area contributed by atoms with Crippen LogP contribution in [-0.2, 0) is 4.74 Å². The largest absolute Gasteiger partial charge is 0.394 e. The normalized spacial score (nSPS) is 20.3. The van der Waals surface area contributed by atoms with Crippen molar-refractivity contribution >= 4 is 22.9 Å². The average Bonchev–Trinajstić information content (AvgIpc) is 2.39. The number of hydrogen-bond donors (Lipinski definition) is 2. The number of benzene rings is 1. The molecule has 17 heavy (non-hydrogen) atoms. The molecule has 0 saturated carbocycles. The summed E-state index contributed by atoms with van der Waals surface area (Å²) >= 11 is 4.91. The lowest BCUT2D eigenvalue weighted by atomic mass is 10.1. The van der Waals surface area contributed by atoms with Crippen molar-refractivity contribution in [2.45, 2.75) is 6.10 Å². The molecule has 1 fully saturated rings. The number of aliphatic hydroxyl groups excluding tert-OH is 1. The van der Waals surface area contributed by atoms with Crippen LogP contribution in [-0.4, -0.2) is 42.5 Å². The molecule has 1 aliphatic heterocycles. The van der Waals surface area contributed by atoms with Gasteiger partial charge in [0.2, 0.25) is 0 Å². The molecule has 4 nitrogen and oxygen atoms in total. The summed E-state index contributed by atoms with van der Waals surface area (Å²) in [4.78, 5) is 2.60. The van der Waals surface area contributed by atoms with E-state index in [-0.39, 0.29) is 12.7 Å². The average molecular weight is 252 g/mol. The summed E-state index contributed by atoms with van der Waals surface area (Å²) < 4.78 is 5.41. The van der Waals surface area contributed by atoms with E-state index in [1.54, 1.807) is 0 Å². The van der Waals surface area contributed by atoms with Gasteiger partial charge in [-0.2, -0.15) is 0 Å². The van der Waals surface area contributed by atoms with E-state index < -0.39 is 0 Å². The van der Waals surface area contributed by atoms with Crippen LogP contribution in [0.5, 0.6) is 0 Å². The fourth-order valence-corrected chi connectivity index (χ4v) is 2.04. The van der Waals surface area contributed by atoms with Gasteiger partial charge in [0.05, 0.1) is 19.3 Å². The Morgan fingerprint density at radius 1 is 1.47 bits per heavy atom. The number of nitrogens with two attached hydrogens (primary N) is 1. The van der Waals surface area contributed by atoms with Gasteiger partial charge in [0, 0.05) is 24.3 Å². The van der Waals surface area contributed by atoms with Crippen LogP contribution in [0.1, 0.15) is 5.56 Å². The van der Waals surface area contributed by atoms with Crippen molar-refractivity contribution < 1.29 is 9.84 Å². The molecular weight excluding hydrogens is 236 g/mol. The molecule has 5 heteroatoms. The summed E-state index contributed by atoms with van der Waals surface area (Å²) in [7, 11) is 0. The summed E-state index contributed by atoms with van der Waals surface area (Å²) in [6.45, 7) is 2.25. The molecule has 0 aliphatic carbocycles. The van der Waals surface area contributed by atoms with Gasteiger partial charge < -0.3 is 20.5 Å². The van der Waals surface area contributed by atoms with Gasteiger partial charge in [0.1, 0.15) is 4.99 Å². The number of aliphatic hydroxyl groups is 1. The number of ether oxygens (including phenoxy) is 1. The summed E-state index contributed by atoms with van der Waals surface area (Å²) in [6.07, 6.45) is -0.0981. The van der Waals surface area contributed by atoms with Crippen molar-refractivity contribution in [1.82, 2.24) is 0 Å². The molecule has 1 heterocycles. The first-order valence-corrected chi connectivity index (χ1v) is 5.99. The molecular formula is C12H16N2O2S. The van der Waals surface area contributed by atoms with Crippen LogP contribution < -0.4 is 10.6 Å².